The van der Waals surface area contributed by atoms with Crippen molar-refractivity contribution in [3.63, 3.8) is 0 Å². The van der Waals surface area contributed by atoms with Crippen LogP contribution in [0.5, 0.6) is 5.75 Å². The monoisotopic (exact) mass is 558 g/mol. The van der Waals surface area contributed by atoms with Crippen molar-refractivity contribution in [1.29, 1.82) is 0 Å². The van der Waals surface area contributed by atoms with Crippen molar-refractivity contribution in [2.75, 3.05) is 51.3 Å². The number of methoxy groups -OCH3 is 1. The highest BCUT2D eigenvalue weighted by Gasteiger charge is 2.35. The average Bonchev–Trinajstić information content (AvgIpc) is 3.35. The van der Waals surface area contributed by atoms with Crippen molar-refractivity contribution in [3.05, 3.63) is 47.5 Å². The number of piperidine rings is 1. The van der Waals surface area contributed by atoms with Crippen LogP contribution in [0.1, 0.15) is 37.8 Å². The highest BCUT2D eigenvalue weighted by molar-refractivity contribution is 7.89. The molecule has 0 aliphatic carbocycles. The summed E-state index contributed by atoms with van der Waals surface area (Å²) >= 11 is 1.56. The molecule has 3 aromatic rings. The van der Waals surface area contributed by atoms with E-state index in [0.717, 1.165) is 40.5 Å². The van der Waals surface area contributed by atoms with Gasteiger partial charge in [-0.15, -0.1) is 0 Å². The molecule has 10 heteroatoms. The molecule has 0 bridgehead atoms. The summed E-state index contributed by atoms with van der Waals surface area (Å²) in [6.07, 6.45) is 0.970. The van der Waals surface area contributed by atoms with Gasteiger partial charge >= 0.3 is 0 Å². The lowest BCUT2D eigenvalue weighted by molar-refractivity contribution is -0.123. The zero-order chi connectivity index (χ0) is 27.4. The van der Waals surface area contributed by atoms with Gasteiger partial charge in [-0.2, -0.15) is 4.31 Å². The van der Waals surface area contributed by atoms with Gasteiger partial charge in [0.25, 0.3) is 0 Å². The zero-order valence-electron chi connectivity index (χ0n) is 22.9. The molecule has 1 aromatic heterocycles. The highest BCUT2D eigenvalue weighted by atomic mass is 32.2. The Labute approximate surface area is 230 Å². The van der Waals surface area contributed by atoms with E-state index < -0.39 is 10.0 Å². The molecule has 38 heavy (non-hydrogen) atoms. The first-order valence-corrected chi connectivity index (χ1v) is 15.5. The molecule has 0 radical (unpaired) electrons. The summed E-state index contributed by atoms with van der Waals surface area (Å²) in [6, 6.07) is 10.7. The summed E-state index contributed by atoms with van der Waals surface area (Å²) in [5.41, 5.74) is 3.23. The fraction of sp³-hybridized carbons (Fsp3) is 0.500. The molecule has 1 amide bonds. The molecule has 1 fully saturated rings. The van der Waals surface area contributed by atoms with E-state index in [0.29, 0.717) is 38.2 Å². The average molecular weight is 559 g/mol. The summed E-state index contributed by atoms with van der Waals surface area (Å²) in [5.74, 6) is 0.397. The summed E-state index contributed by atoms with van der Waals surface area (Å²) in [6.45, 7) is 12.1. The summed E-state index contributed by atoms with van der Waals surface area (Å²) in [5, 5.41) is 0.721. The van der Waals surface area contributed by atoms with Crippen LogP contribution in [0.15, 0.2) is 41.3 Å². The topological polar surface area (TPSA) is 83.0 Å². The number of amides is 1. The third-order valence-electron chi connectivity index (χ3n) is 7.35. The lowest BCUT2D eigenvalue weighted by Gasteiger charge is -2.33. The number of likely N-dealkylation sites (N-methyl/N-ethyl adjacent to an activating group) is 1. The Bertz CT molecular complexity index is 1360. The second kappa shape index (κ2) is 12.1. The van der Waals surface area contributed by atoms with Crippen molar-refractivity contribution < 1.29 is 17.9 Å². The minimum atomic E-state index is -3.63. The quantitative estimate of drug-likeness (QED) is 0.359. The van der Waals surface area contributed by atoms with Gasteiger partial charge in [0.1, 0.15) is 5.75 Å². The van der Waals surface area contributed by atoms with E-state index in [1.54, 1.807) is 42.7 Å². The number of aryl methyl sites for hydroxylation is 2. The Morgan fingerprint density at radius 2 is 1.74 bits per heavy atom. The molecular weight excluding hydrogens is 520 g/mol. The van der Waals surface area contributed by atoms with E-state index in [1.807, 2.05) is 4.90 Å². The van der Waals surface area contributed by atoms with Crippen LogP contribution in [0.3, 0.4) is 0 Å². The van der Waals surface area contributed by atoms with Gasteiger partial charge in [0.2, 0.25) is 15.9 Å². The van der Waals surface area contributed by atoms with Gasteiger partial charge in [-0.3, -0.25) is 9.69 Å². The number of carbonyl (C=O) groups excluding carboxylic acids is 1. The van der Waals surface area contributed by atoms with Crippen LogP contribution in [0, 0.1) is 19.8 Å². The number of fused-ring (bicyclic) bond motifs is 1. The van der Waals surface area contributed by atoms with Crippen LogP contribution < -0.4 is 9.64 Å². The van der Waals surface area contributed by atoms with Gasteiger partial charge in [-0.05, 0) is 81.2 Å². The predicted octanol–water partition coefficient (Wildman–Crippen LogP) is 4.70. The molecule has 2 heterocycles. The lowest BCUT2D eigenvalue weighted by Crippen LogP contribution is -2.46. The minimum absolute atomic E-state index is 0.0343. The van der Waals surface area contributed by atoms with Crippen LogP contribution in [0.25, 0.3) is 10.2 Å². The van der Waals surface area contributed by atoms with Crippen LogP contribution in [0.2, 0.25) is 0 Å². The van der Waals surface area contributed by atoms with Gasteiger partial charge in [-0.25, -0.2) is 13.4 Å². The number of ether oxygens (including phenoxy) is 1. The Hall–Kier alpha value is -2.53. The first kappa shape index (κ1) is 28.5. The van der Waals surface area contributed by atoms with E-state index in [2.05, 4.69) is 44.7 Å². The number of aromatic nitrogens is 1. The third kappa shape index (κ3) is 6.03. The molecule has 206 valence electrons. The maximum atomic E-state index is 13.9. The number of hydrogen-bond acceptors (Lipinski definition) is 7. The van der Waals surface area contributed by atoms with Gasteiger partial charge < -0.3 is 9.64 Å². The standard InChI is InChI=1S/C28H38N4O4S2/c1-6-30(7-2)16-17-32(28-29-26-21(4)18-20(3)19-25(26)37-28)27(33)22-12-14-31(15-13-22)38(34,35)24-10-8-23(36-5)9-11-24/h8-11,18-19,22H,6-7,12-17H2,1-5H3. The number of sulfonamides is 1. The number of anilines is 1. The smallest absolute Gasteiger partial charge is 0.243 e. The molecule has 0 atom stereocenters. The molecule has 0 saturated carbocycles. The van der Waals surface area contributed by atoms with Crippen molar-refractivity contribution in [3.8, 4) is 5.75 Å². The number of thiazole rings is 1. The van der Waals surface area contributed by atoms with Crippen LogP contribution in [0.4, 0.5) is 5.13 Å². The molecule has 0 unspecified atom stereocenters. The van der Waals surface area contributed by atoms with E-state index in [1.165, 1.54) is 9.87 Å². The number of hydrogen-bond donors (Lipinski definition) is 0. The molecule has 1 aliphatic heterocycles. The Balaban J connectivity index is 1.52. The molecule has 8 nitrogen and oxygen atoms in total. The van der Waals surface area contributed by atoms with Crippen molar-refractivity contribution in [1.82, 2.24) is 14.2 Å². The Morgan fingerprint density at radius 1 is 1.08 bits per heavy atom. The van der Waals surface area contributed by atoms with Crippen LogP contribution in [-0.2, 0) is 14.8 Å². The summed E-state index contributed by atoms with van der Waals surface area (Å²) < 4.78 is 34.1. The Kier molecular flexibility index (Phi) is 9.07. The third-order valence-corrected chi connectivity index (χ3v) is 10.3. The first-order valence-electron chi connectivity index (χ1n) is 13.2. The van der Waals surface area contributed by atoms with Crippen molar-refractivity contribution >= 4 is 42.6 Å². The fourth-order valence-electron chi connectivity index (χ4n) is 5.02. The molecule has 0 N–H and O–H groups in total. The van der Waals surface area contributed by atoms with Crippen molar-refractivity contribution in [2.45, 2.75) is 45.4 Å². The zero-order valence-corrected chi connectivity index (χ0v) is 24.6. The maximum Gasteiger partial charge on any atom is 0.243 e. The summed E-state index contributed by atoms with van der Waals surface area (Å²) in [4.78, 5) is 23.2. The minimum Gasteiger partial charge on any atom is -0.497 e. The van der Waals surface area contributed by atoms with Gasteiger partial charge in [0, 0.05) is 32.1 Å². The number of nitrogens with zero attached hydrogens (tertiary/aromatic N) is 4. The van der Waals surface area contributed by atoms with E-state index in [4.69, 9.17) is 9.72 Å². The number of rotatable bonds is 10. The normalized spacial score (nSPS) is 15.3. The van der Waals surface area contributed by atoms with E-state index in [-0.39, 0.29) is 16.7 Å². The predicted molar refractivity (Wildman–Crippen MR) is 154 cm³/mol. The second-order valence-corrected chi connectivity index (χ2v) is 12.7. The summed E-state index contributed by atoms with van der Waals surface area (Å²) in [7, 11) is -2.08. The number of carbonyl (C=O) groups is 1. The molecule has 0 spiro atoms. The maximum absolute atomic E-state index is 13.9. The number of benzene rings is 2. The van der Waals surface area contributed by atoms with E-state index in [9.17, 15) is 13.2 Å². The van der Waals surface area contributed by atoms with E-state index >= 15 is 0 Å². The van der Waals surface area contributed by atoms with Crippen LogP contribution in [-0.4, -0.2) is 74.9 Å². The molecule has 4 rings (SSSR count). The highest BCUT2D eigenvalue weighted by Crippen LogP contribution is 2.34. The van der Waals surface area contributed by atoms with Gasteiger partial charge in [0.15, 0.2) is 5.13 Å². The molecular formula is C28H38N4O4S2. The molecule has 2 aromatic carbocycles. The van der Waals surface area contributed by atoms with Crippen LogP contribution >= 0.6 is 11.3 Å². The molecule has 1 saturated heterocycles. The largest absolute Gasteiger partial charge is 0.497 e. The lowest BCUT2D eigenvalue weighted by atomic mass is 9.96. The molecule has 1 aliphatic rings. The fourth-order valence-corrected chi connectivity index (χ4v) is 7.66. The second-order valence-electron chi connectivity index (χ2n) is 9.80. The first-order chi connectivity index (χ1) is 18.2. The van der Waals surface area contributed by atoms with Crippen molar-refractivity contribution in [2.24, 2.45) is 5.92 Å². The van der Waals surface area contributed by atoms with Gasteiger partial charge in [0.05, 0.1) is 22.2 Å². The SMILES string of the molecule is CCN(CC)CCN(C(=O)C1CCN(S(=O)(=O)c2ccc(OC)cc2)CC1)c1nc2c(C)cc(C)cc2s1. The van der Waals surface area contributed by atoms with Gasteiger partial charge in [-0.1, -0.05) is 31.3 Å². The Morgan fingerprint density at radius 3 is 2.34 bits per heavy atom.